The molecule has 1 aromatic rings. The molecule has 0 aliphatic carbocycles. The first-order valence-corrected chi connectivity index (χ1v) is 7.92. The lowest BCUT2D eigenvalue weighted by Gasteiger charge is -2.17. The predicted octanol–water partition coefficient (Wildman–Crippen LogP) is 3.35. The quantitative estimate of drug-likeness (QED) is 0.557. The number of nitrogen functional groups attached to an aromatic ring is 1. The highest BCUT2D eigenvalue weighted by Crippen LogP contribution is 2.19. The van der Waals surface area contributed by atoms with Crippen LogP contribution in [0.15, 0.2) is 18.2 Å². The fourth-order valence-corrected chi connectivity index (χ4v) is 2.04. The first kappa shape index (κ1) is 18.6. The number of hydrogen-bond donors (Lipinski definition) is 1. The lowest BCUT2D eigenvalue weighted by Crippen LogP contribution is -2.31. The molecule has 124 valence electrons. The molecule has 0 heterocycles. The summed E-state index contributed by atoms with van der Waals surface area (Å²) in [6, 6.07) is 5.45. The van der Waals surface area contributed by atoms with Gasteiger partial charge in [-0.1, -0.05) is 31.0 Å². The number of likely N-dealkylation sites (N-methyl/N-ethyl adjacent to an activating group) is 1. The molecule has 1 rings (SSSR count). The molecule has 1 aromatic carbocycles. The third-order valence-electron chi connectivity index (χ3n) is 3.20. The third kappa shape index (κ3) is 7.00. The molecule has 1 amide bonds. The highest BCUT2D eigenvalue weighted by Gasteiger charge is 2.09. The van der Waals surface area contributed by atoms with E-state index in [1.165, 1.54) is 4.90 Å². The van der Waals surface area contributed by atoms with Crippen molar-refractivity contribution in [2.75, 3.05) is 39.1 Å². The van der Waals surface area contributed by atoms with Gasteiger partial charge in [0.05, 0.1) is 19.8 Å². The van der Waals surface area contributed by atoms with Crippen molar-refractivity contribution in [2.24, 2.45) is 0 Å². The summed E-state index contributed by atoms with van der Waals surface area (Å²) in [5, 5.41) is 0.653. The summed E-state index contributed by atoms with van der Waals surface area (Å²) in [6.07, 6.45) is 2.30. The Balaban J connectivity index is 2.15. The summed E-state index contributed by atoms with van der Waals surface area (Å²) in [5.74, 6) is 0. The number of nitrogens with zero attached hydrogens (tertiary/aromatic N) is 1. The number of carbonyl (C=O) groups excluding carboxylic acids is 1. The largest absolute Gasteiger partial charge is 0.449 e. The van der Waals surface area contributed by atoms with Gasteiger partial charge in [0.1, 0.15) is 0 Å². The molecule has 6 heteroatoms. The Bertz CT molecular complexity index is 469. The lowest BCUT2D eigenvalue weighted by atomic mass is 10.1. The van der Waals surface area contributed by atoms with Crippen LogP contribution in [0.1, 0.15) is 25.3 Å². The van der Waals surface area contributed by atoms with Gasteiger partial charge in [0.15, 0.2) is 0 Å². The van der Waals surface area contributed by atoms with Gasteiger partial charge in [-0.3, -0.25) is 0 Å². The van der Waals surface area contributed by atoms with Crippen LogP contribution in [0.25, 0.3) is 0 Å². The van der Waals surface area contributed by atoms with E-state index < -0.39 is 0 Å². The van der Waals surface area contributed by atoms with E-state index in [2.05, 4.69) is 6.92 Å². The summed E-state index contributed by atoms with van der Waals surface area (Å²) >= 11 is 6.09. The summed E-state index contributed by atoms with van der Waals surface area (Å²) in [5.41, 5.74) is 7.30. The van der Waals surface area contributed by atoms with Crippen molar-refractivity contribution < 1.29 is 14.3 Å². The molecule has 0 fully saturated rings. The van der Waals surface area contributed by atoms with E-state index in [1.54, 1.807) is 13.1 Å². The van der Waals surface area contributed by atoms with Crippen molar-refractivity contribution in [2.45, 2.75) is 26.2 Å². The molecule has 0 saturated heterocycles. The third-order valence-corrected chi connectivity index (χ3v) is 3.55. The average molecular weight is 329 g/mol. The topological polar surface area (TPSA) is 64.8 Å². The number of halogens is 1. The number of unbranched alkanes of at least 4 members (excludes halogenated alkanes) is 1. The van der Waals surface area contributed by atoms with E-state index in [1.807, 2.05) is 12.1 Å². The van der Waals surface area contributed by atoms with Crippen LogP contribution in [-0.2, 0) is 15.9 Å². The zero-order chi connectivity index (χ0) is 16.4. The Morgan fingerprint density at radius 3 is 2.77 bits per heavy atom. The summed E-state index contributed by atoms with van der Waals surface area (Å²) < 4.78 is 10.6. The van der Waals surface area contributed by atoms with Gasteiger partial charge >= 0.3 is 6.09 Å². The molecule has 2 N–H and O–H groups in total. The summed E-state index contributed by atoms with van der Waals surface area (Å²) in [4.78, 5) is 13.1. The monoisotopic (exact) mass is 328 g/mol. The van der Waals surface area contributed by atoms with Gasteiger partial charge < -0.3 is 20.1 Å². The average Bonchev–Trinajstić information content (AvgIpc) is 2.48. The minimum atomic E-state index is -0.307. The van der Waals surface area contributed by atoms with Crippen molar-refractivity contribution in [3.8, 4) is 0 Å². The van der Waals surface area contributed by atoms with Crippen LogP contribution in [0, 0.1) is 0 Å². The number of hydrogen-bond acceptors (Lipinski definition) is 4. The molecule has 0 atom stereocenters. The number of benzene rings is 1. The SMILES string of the molecule is CCCCOC(=O)N(C)CCOCCc1ccc(N)cc1Cl. The van der Waals surface area contributed by atoms with E-state index in [0.717, 1.165) is 18.4 Å². The Kier molecular flexibility index (Phi) is 8.70. The summed E-state index contributed by atoms with van der Waals surface area (Å²) in [6.45, 7) is 4.03. The van der Waals surface area contributed by atoms with E-state index in [-0.39, 0.29) is 6.09 Å². The molecule has 0 unspecified atom stereocenters. The number of ether oxygens (including phenoxy) is 2. The number of rotatable bonds is 9. The molecule has 0 radical (unpaired) electrons. The molecule has 0 bridgehead atoms. The normalized spacial score (nSPS) is 10.5. The number of nitrogens with two attached hydrogens (primary N) is 1. The molecule has 0 saturated carbocycles. The fourth-order valence-electron chi connectivity index (χ4n) is 1.76. The van der Waals surface area contributed by atoms with Crippen LogP contribution in [0.2, 0.25) is 5.02 Å². The van der Waals surface area contributed by atoms with Crippen LogP contribution < -0.4 is 5.73 Å². The minimum Gasteiger partial charge on any atom is -0.449 e. The Morgan fingerprint density at radius 2 is 2.09 bits per heavy atom. The number of anilines is 1. The smallest absolute Gasteiger partial charge is 0.409 e. The molecular weight excluding hydrogens is 304 g/mol. The van der Waals surface area contributed by atoms with Crippen LogP contribution in [0.4, 0.5) is 10.5 Å². The molecule has 0 aromatic heterocycles. The zero-order valence-corrected chi connectivity index (χ0v) is 14.1. The first-order chi connectivity index (χ1) is 10.5. The van der Waals surface area contributed by atoms with Gasteiger partial charge in [-0.25, -0.2) is 4.79 Å². The van der Waals surface area contributed by atoms with Crippen molar-refractivity contribution in [3.63, 3.8) is 0 Å². The Hall–Kier alpha value is -1.46. The predicted molar refractivity (Wildman–Crippen MR) is 89.3 cm³/mol. The standard InChI is InChI=1S/C16H25ClN2O3/c1-3-4-9-22-16(20)19(2)8-11-21-10-7-13-5-6-14(18)12-15(13)17/h5-6,12H,3-4,7-11,18H2,1-2H3. The molecular formula is C16H25ClN2O3. The Labute approximate surface area is 137 Å². The van der Waals surface area contributed by atoms with E-state index in [9.17, 15) is 4.79 Å². The van der Waals surface area contributed by atoms with Gasteiger partial charge in [-0.15, -0.1) is 0 Å². The molecule has 22 heavy (non-hydrogen) atoms. The second-order valence-corrected chi connectivity index (χ2v) is 5.51. The second-order valence-electron chi connectivity index (χ2n) is 5.10. The van der Waals surface area contributed by atoms with Crippen molar-refractivity contribution in [1.82, 2.24) is 4.90 Å². The van der Waals surface area contributed by atoms with E-state index in [4.69, 9.17) is 26.8 Å². The van der Waals surface area contributed by atoms with Crippen molar-refractivity contribution in [1.29, 1.82) is 0 Å². The maximum atomic E-state index is 11.6. The maximum Gasteiger partial charge on any atom is 0.409 e. The van der Waals surface area contributed by atoms with Crippen molar-refractivity contribution in [3.05, 3.63) is 28.8 Å². The maximum absolute atomic E-state index is 11.6. The highest BCUT2D eigenvalue weighted by atomic mass is 35.5. The van der Waals surface area contributed by atoms with Crippen LogP contribution >= 0.6 is 11.6 Å². The van der Waals surface area contributed by atoms with E-state index >= 15 is 0 Å². The molecule has 0 aliphatic rings. The zero-order valence-electron chi connectivity index (χ0n) is 13.3. The molecule has 5 nitrogen and oxygen atoms in total. The van der Waals surface area contributed by atoms with Crippen molar-refractivity contribution >= 4 is 23.4 Å². The van der Waals surface area contributed by atoms with Crippen LogP contribution in [-0.4, -0.2) is 44.4 Å². The minimum absolute atomic E-state index is 0.307. The number of carbonyl (C=O) groups is 1. The van der Waals surface area contributed by atoms with Gasteiger partial charge in [-0.05, 0) is 30.5 Å². The molecule has 0 spiro atoms. The van der Waals surface area contributed by atoms with Gasteiger partial charge in [0.25, 0.3) is 0 Å². The first-order valence-electron chi connectivity index (χ1n) is 7.54. The highest BCUT2D eigenvalue weighted by molar-refractivity contribution is 6.31. The fraction of sp³-hybridized carbons (Fsp3) is 0.562. The van der Waals surface area contributed by atoms with Gasteiger partial charge in [0.2, 0.25) is 0 Å². The second kappa shape index (κ2) is 10.3. The van der Waals surface area contributed by atoms with Gasteiger partial charge in [0, 0.05) is 24.3 Å². The van der Waals surface area contributed by atoms with Crippen LogP contribution in [0.3, 0.4) is 0 Å². The molecule has 0 aliphatic heterocycles. The summed E-state index contributed by atoms with van der Waals surface area (Å²) in [7, 11) is 1.70. The number of amides is 1. The van der Waals surface area contributed by atoms with Crippen LogP contribution in [0.5, 0.6) is 0 Å². The van der Waals surface area contributed by atoms with E-state index in [0.29, 0.717) is 43.5 Å². The Morgan fingerprint density at radius 1 is 1.32 bits per heavy atom. The van der Waals surface area contributed by atoms with Gasteiger partial charge in [-0.2, -0.15) is 0 Å². The lowest BCUT2D eigenvalue weighted by molar-refractivity contribution is 0.0839.